The summed E-state index contributed by atoms with van der Waals surface area (Å²) >= 11 is 0. The number of hydrogen-bond donors (Lipinski definition) is 1. The highest BCUT2D eigenvalue weighted by Crippen LogP contribution is 2.18. The van der Waals surface area contributed by atoms with Gasteiger partial charge in [0, 0.05) is 26.7 Å². The maximum Gasteiger partial charge on any atom is 0.306 e. The molecular formula is C36H73NO4. The Balaban J connectivity index is 4.02. The van der Waals surface area contributed by atoms with Crippen LogP contribution in [0.15, 0.2) is 0 Å². The van der Waals surface area contributed by atoms with Gasteiger partial charge in [-0.05, 0) is 64.5 Å². The molecule has 5 heteroatoms. The van der Waals surface area contributed by atoms with Gasteiger partial charge in [-0.2, -0.15) is 0 Å². The maximum atomic E-state index is 12.6. The van der Waals surface area contributed by atoms with E-state index in [-0.39, 0.29) is 18.7 Å². The fraction of sp³-hybridized carbons (Fsp3) is 0.972. The monoisotopic (exact) mass is 584 g/mol. The zero-order valence-corrected chi connectivity index (χ0v) is 28.1. The summed E-state index contributed by atoms with van der Waals surface area (Å²) in [5.41, 5.74) is 0. The highest BCUT2D eigenvalue weighted by atomic mass is 16.5. The minimum Gasteiger partial charge on any atom is -0.462 e. The average Bonchev–Trinajstić information content (AvgIpc) is 2.97. The van der Waals surface area contributed by atoms with Gasteiger partial charge in [-0.15, -0.1) is 0 Å². The molecule has 0 fully saturated rings. The molecule has 0 aromatic heterocycles. The molecule has 0 rings (SSSR count). The lowest BCUT2D eigenvalue weighted by molar-refractivity contribution is -0.150. The van der Waals surface area contributed by atoms with Crippen LogP contribution in [-0.4, -0.2) is 62.0 Å². The summed E-state index contributed by atoms with van der Waals surface area (Å²) in [5.74, 6) is 0.0276. The second kappa shape index (κ2) is 33.8. The van der Waals surface area contributed by atoms with Crippen LogP contribution in [0.4, 0.5) is 0 Å². The smallest absolute Gasteiger partial charge is 0.306 e. The molecule has 0 saturated carbocycles. The van der Waals surface area contributed by atoms with Gasteiger partial charge in [-0.25, -0.2) is 0 Å². The highest BCUT2D eigenvalue weighted by Gasteiger charge is 2.14. The van der Waals surface area contributed by atoms with E-state index in [1.54, 1.807) is 7.11 Å². The zero-order chi connectivity index (χ0) is 30.1. The lowest BCUT2D eigenvalue weighted by Gasteiger charge is -2.21. The van der Waals surface area contributed by atoms with Gasteiger partial charge in [0.2, 0.25) is 0 Å². The van der Waals surface area contributed by atoms with Gasteiger partial charge in [-0.3, -0.25) is 4.79 Å². The Morgan fingerprint density at radius 3 is 1.51 bits per heavy atom. The molecule has 0 amide bonds. The molecular weight excluding hydrogens is 510 g/mol. The molecule has 0 saturated heterocycles. The third kappa shape index (κ3) is 30.6. The molecule has 0 bridgehead atoms. The first-order valence-electron chi connectivity index (χ1n) is 18.2. The Bertz CT molecular complexity index is 500. The molecule has 0 aliphatic heterocycles. The first-order chi connectivity index (χ1) is 20.2. The average molecular weight is 584 g/mol. The lowest BCUT2D eigenvalue weighted by Crippen LogP contribution is -2.29. The zero-order valence-electron chi connectivity index (χ0n) is 28.1. The second-order valence-electron chi connectivity index (χ2n) is 12.4. The Kier molecular flexibility index (Phi) is 33.3. The quantitative estimate of drug-likeness (QED) is 0.0603. The maximum absolute atomic E-state index is 12.6. The van der Waals surface area contributed by atoms with E-state index in [0.29, 0.717) is 6.42 Å². The summed E-state index contributed by atoms with van der Waals surface area (Å²) in [4.78, 5) is 15.0. The molecule has 0 spiro atoms. The van der Waals surface area contributed by atoms with Crippen LogP contribution in [0.2, 0.25) is 0 Å². The molecule has 0 radical (unpaired) electrons. The Morgan fingerprint density at radius 1 is 0.585 bits per heavy atom. The summed E-state index contributed by atoms with van der Waals surface area (Å²) in [7, 11) is 1.77. The Labute approximate surface area is 256 Å². The van der Waals surface area contributed by atoms with Crippen molar-refractivity contribution < 1.29 is 19.4 Å². The Morgan fingerprint density at radius 2 is 1.02 bits per heavy atom. The SMILES string of the molecule is CCCCCCCCC(CCCCCCCC)OC(=O)CCCCCCCN(CCO)CCCCCCCCOC. The number of methoxy groups -OCH3 is 1. The van der Waals surface area contributed by atoms with Crippen molar-refractivity contribution in [3.8, 4) is 0 Å². The van der Waals surface area contributed by atoms with E-state index in [1.807, 2.05) is 0 Å². The molecule has 5 nitrogen and oxygen atoms in total. The van der Waals surface area contributed by atoms with Gasteiger partial charge in [-0.1, -0.05) is 123 Å². The van der Waals surface area contributed by atoms with Crippen molar-refractivity contribution in [2.45, 2.75) is 187 Å². The molecule has 0 aliphatic rings. The van der Waals surface area contributed by atoms with Crippen LogP contribution in [0, 0.1) is 0 Å². The van der Waals surface area contributed by atoms with Crippen molar-refractivity contribution in [1.82, 2.24) is 4.90 Å². The van der Waals surface area contributed by atoms with E-state index < -0.39 is 0 Å². The minimum atomic E-state index is 0.0276. The third-order valence-corrected chi connectivity index (χ3v) is 8.40. The number of aliphatic hydroxyl groups is 1. The van der Waals surface area contributed by atoms with Gasteiger partial charge < -0.3 is 19.5 Å². The topological polar surface area (TPSA) is 59.0 Å². The first-order valence-corrected chi connectivity index (χ1v) is 18.2. The van der Waals surface area contributed by atoms with Crippen LogP contribution in [0.5, 0.6) is 0 Å². The molecule has 0 aliphatic carbocycles. The molecule has 41 heavy (non-hydrogen) atoms. The largest absolute Gasteiger partial charge is 0.462 e. The summed E-state index contributed by atoms with van der Waals surface area (Å²) in [6.45, 7) is 8.63. The number of esters is 1. The van der Waals surface area contributed by atoms with Crippen LogP contribution in [0.25, 0.3) is 0 Å². The second-order valence-corrected chi connectivity index (χ2v) is 12.4. The number of ether oxygens (including phenoxy) is 2. The van der Waals surface area contributed by atoms with Crippen molar-refractivity contribution in [3.63, 3.8) is 0 Å². The summed E-state index contributed by atoms with van der Waals surface area (Å²) < 4.78 is 11.1. The van der Waals surface area contributed by atoms with E-state index in [0.717, 1.165) is 51.9 Å². The fourth-order valence-corrected chi connectivity index (χ4v) is 5.71. The molecule has 0 heterocycles. The van der Waals surface area contributed by atoms with E-state index in [9.17, 15) is 9.90 Å². The van der Waals surface area contributed by atoms with Crippen LogP contribution in [0.3, 0.4) is 0 Å². The lowest BCUT2D eigenvalue weighted by atomic mass is 10.0. The number of carbonyl (C=O) groups excluding carboxylic acids is 1. The van der Waals surface area contributed by atoms with Gasteiger partial charge in [0.15, 0.2) is 0 Å². The number of carbonyl (C=O) groups is 1. The number of hydrogen-bond acceptors (Lipinski definition) is 5. The van der Waals surface area contributed by atoms with Gasteiger partial charge in [0.05, 0.1) is 6.61 Å². The van der Waals surface area contributed by atoms with Crippen LogP contribution < -0.4 is 0 Å². The first kappa shape index (κ1) is 40.4. The molecule has 246 valence electrons. The van der Waals surface area contributed by atoms with Crippen LogP contribution in [0.1, 0.15) is 181 Å². The van der Waals surface area contributed by atoms with Crippen LogP contribution in [-0.2, 0) is 14.3 Å². The van der Waals surface area contributed by atoms with E-state index >= 15 is 0 Å². The van der Waals surface area contributed by atoms with Crippen molar-refractivity contribution in [2.24, 2.45) is 0 Å². The molecule has 1 N–H and O–H groups in total. The number of aliphatic hydroxyl groups excluding tert-OH is 1. The normalized spacial score (nSPS) is 11.7. The Hall–Kier alpha value is -0.650. The molecule has 0 unspecified atom stereocenters. The van der Waals surface area contributed by atoms with E-state index in [1.165, 1.54) is 135 Å². The molecule has 0 aromatic rings. The van der Waals surface area contributed by atoms with E-state index in [2.05, 4.69) is 18.7 Å². The van der Waals surface area contributed by atoms with E-state index in [4.69, 9.17) is 9.47 Å². The van der Waals surface area contributed by atoms with Crippen molar-refractivity contribution in [2.75, 3.05) is 40.0 Å². The van der Waals surface area contributed by atoms with Crippen molar-refractivity contribution in [1.29, 1.82) is 0 Å². The molecule has 0 atom stereocenters. The predicted molar refractivity (Wildman–Crippen MR) is 177 cm³/mol. The molecule has 0 aromatic carbocycles. The fourth-order valence-electron chi connectivity index (χ4n) is 5.71. The summed E-state index contributed by atoms with van der Waals surface area (Å²) in [6.07, 6.45) is 31.5. The van der Waals surface area contributed by atoms with Crippen molar-refractivity contribution >= 4 is 5.97 Å². The minimum absolute atomic E-state index is 0.0276. The van der Waals surface area contributed by atoms with Gasteiger partial charge >= 0.3 is 5.97 Å². The number of nitrogens with zero attached hydrogens (tertiary/aromatic N) is 1. The van der Waals surface area contributed by atoms with Crippen molar-refractivity contribution in [3.05, 3.63) is 0 Å². The highest BCUT2D eigenvalue weighted by molar-refractivity contribution is 5.69. The van der Waals surface area contributed by atoms with Gasteiger partial charge in [0.25, 0.3) is 0 Å². The summed E-state index contributed by atoms with van der Waals surface area (Å²) in [6, 6.07) is 0. The number of unbranched alkanes of at least 4 members (excludes halogenated alkanes) is 19. The van der Waals surface area contributed by atoms with Gasteiger partial charge in [0.1, 0.15) is 6.10 Å². The third-order valence-electron chi connectivity index (χ3n) is 8.40. The standard InChI is InChI=1S/C36H73NO4/c1-4-6-8-10-15-21-27-35(28-22-16-11-9-7-5-2)41-36(39)29-23-17-14-19-25-31-37(32-33-38)30-24-18-12-13-20-26-34-40-3/h35,38H,4-34H2,1-3H3. The predicted octanol–water partition coefficient (Wildman–Crippen LogP) is 10.0. The number of rotatable bonds is 34. The van der Waals surface area contributed by atoms with Crippen LogP contribution >= 0.6 is 0 Å². The summed E-state index contributed by atoms with van der Waals surface area (Å²) in [5, 5.41) is 9.43.